The number of nitrogens with zero attached hydrogens (tertiary/aromatic N) is 4. The van der Waals surface area contributed by atoms with Crippen molar-refractivity contribution in [3.63, 3.8) is 0 Å². The third kappa shape index (κ3) is 8.00. The lowest BCUT2D eigenvalue weighted by molar-refractivity contribution is -0.274. The molecule has 10 nitrogen and oxygen atoms in total. The second-order valence-corrected chi connectivity index (χ2v) is 11.8. The van der Waals surface area contributed by atoms with E-state index in [1.165, 1.54) is 40.9 Å². The van der Waals surface area contributed by atoms with E-state index in [-0.39, 0.29) is 24.0 Å². The molecule has 42 heavy (non-hydrogen) atoms. The van der Waals surface area contributed by atoms with Gasteiger partial charge in [-0.25, -0.2) is 0 Å². The summed E-state index contributed by atoms with van der Waals surface area (Å²) in [7, 11) is 0. The van der Waals surface area contributed by atoms with Crippen LogP contribution < -0.4 is 15.4 Å². The Hall–Kier alpha value is -3.66. The molecule has 222 valence electrons. The number of ether oxygens (including phenoxy) is 1. The number of amides is 1. The highest BCUT2D eigenvalue weighted by Crippen LogP contribution is 2.43. The number of anilines is 2. The molecule has 4 N–H and O–H groups in total. The van der Waals surface area contributed by atoms with Gasteiger partial charge in [-0.15, -0.1) is 33.6 Å². The van der Waals surface area contributed by atoms with Crippen LogP contribution in [0.1, 0.15) is 64.8 Å². The Morgan fingerprint density at radius 3 is 2.31 bits per heavy atom. The molecule has 15 heteroatoms. The quantitative estimate of drug-likeness (QED) is 0.172. The maximum absolute atomic E-state index is 12.5. The van der Waals surface area contributed by atoms with Gasteiger partial charge < -0.3 is 20.3 Å². The van der Waals surface area contributed by atoms with Crippen molar-refractivity contribution in [1.29, 1.82) is 0 Å². The average Bonchev–Trinajstić information content (AvgIpc) is 3.62. The molecular formula is C27H27F3N6O4S2. The molecule has 0 radical (unpaired) electrons. The van der Waals surface area contributed by atoms with Gasteiger partial charge in [0.1, 0.15) is 22.0 Å². The number of aliphatic hydroxyl groups is 2. The fourth-order valence-corrected chi connectivity index (χ4v) is 6.62. The van der Waals surface area contributed by atoms with E-state index in [0.717, 1.165) is 35.7 Å². The number of carbonyl (C=O) groups is 1. The largest absolute Gasteiger partial charge is 0.573 e. The van der Waals surface area contributed by atoms with Crippen LogP contribution in [-0.4, -0.2) is 49.1 Å². The molecular weight excluding hydrogens is 593 g/mol. The van der Waals surface area contributed by atoms with E-state index in [2.05, 4.69) is 35.8 Å². The first-order valence-corrected chi connectivity index (χ1v) is 14.8. The first-order valence-electron chi connectivity index (χ1n) is 13.1. The van der Waals surface area contributed by atoms with E-state index in [9.17, 15) is 28.2 Å². The van der Waals surface area contributed by atoms with Crippen LogP contribution in [0.15, 0.2) is 54.6 Å². The molecule has 0 saturated heterocycles. The van der Waals surface area contributed by atoms with Gasteiger partial charge in [0.25, 0.3) is 5.91 Å². The molecule has 4 atom stereocenters. The maximum atomic E-state index is 12.5. The number of carbonyl (C=O) groups excluding carboxylic acids is 1. The molecule has 0 spiro atoms. The smallest absolute Gasteiger partial charge is 0.406 e. The Balaban J connectivity index is 1.15. The summed E-state index contributed by atoms with van der Waals surface area (Å²) in [6.07, 6.45) is -3.66. The molecule has 1 fully saturated rings. The van der Waals surface area contributed by atoms with Gasteiger partial charge in [-0.3, -0.25) is 10.1 Å². The number of alkyl halides is 3. The van der Waals surface area contributed by atoms with E-state index in [1.807, 2.05) is 0 Å². The Morgan fingerprint density at radius 1 is 0.952 bits per heavy atom. The number of halogens is 3. The van der Waals surface area contributed by atoms with Gasteiger partial charge >= 0.3 is 6.36 Å². The maximum Gasteiger partial charge on any atom is 0.573 e. The Kier molecular flexibility index (Phi) is 9.30. The number of nitrogens with one attached hydrogen (secondary N) is 2. The highest BCUT2D eigenvalue weighted by molar-refractivity contribution is 7.15. The highest BCUT2D eigenvalue weighted by atomic mass is 32.1. The zero-order valence-electron chi connectivity index (χ0n) is 22.0. The second kappa shape index (κ2) is 13.1. The molecule has 4 unspecified atom stereocenters. The lowest BCUT2D eigenvalue weighted by Crippen LogP contribution is -2.21. The van der Waals surface area contributed by atoms with Crippen molar-refractivity contribution in [1.82, 2.24) is 20.4 Å². The lowest BCUT2D eigenvalue weighted by atomic mass is 9.82. The van der Waals surface area contributed by atoms with E-state index in [4.69, 9.17) is 0 Å². The first kappa shape index (κ1) is 29.8. The van der Waals surface area contributed by atoms with E-state index >= 15 is 0 Å². The van der Waals surface area contributed by atoms with Gasteiger partial charge in [-0.05, 0) is 42.5 Å². The van der Waals surface area contributed by atoms with E-state index < -0.39 is 24.6 Å². The molecule has 2 aromatic carbocycles. The van der Waals surface area contributed by atoms with Gasteiger partial charge in [-0.2, -0.15) is 0 Å². The van der Waals surface area contributed by atoms with E-state index in [0.29, 0.717) is 21.4 Å². The molecule has 4 aromatic rings. The first-order chi connectivity index (χ1) is 20.1. The highest BCUT2D eigenvalue weighted by Gasteiger charge is 2.32. The monoisotopic (exact) mass is 620 g/mol. The van der Waals surface area contributed by atoms with Gasteiger partial charge in [0.05, 0.1) is 0 Å². The van der Waals surface area contributed by atoms with Crippen molar-refractivity contribution >= 4 is 38.8 Å². The Bertz CT molecular complexity index is 1490. The molecule has 1 amide bonds. The molecule has 1 aliphatic rings. The molecule has 2 aromatic heterocycles. The zero-order chi connectivity index (χ0) is 29.7. The van der Waals surface area contributed by atoms with Gasteiger partial charge in [0.15, 0.2) is 6.10 Å². The minimum Gasteiger partial charge on any atom is -0.406 e. The van der Waals surface area contributed by atoms with Crippen LogP contribution >= 0.6 is 22.7 Å². The van der Waals surface area contributed by atoms with Crippen molar-refractivity contribution in [3.05, 3.63) is 75.7 Å². The minimum atomic E-state index is -4.79. The second-order valence-electron chi connectivity index (χ2n) is 9.81. The van der Waals surface area contributed by atoms with Crippen molar-refractivity contribution in [2.75, 3.05) is 10.6 Å². The van der Waals surface area contributed by atoms with Crippen molar-refractivity contribution < 1.29 is 32.9 Å². The average molecular weight is 621 g/mol. The summed E-state index contributed by atoms with van der Waals surface area (Å²) in [5.74, 6) is -0.703. The zero-order valence-corrected chi connectivity index (χ0v) is 23.6. The molecule has 2 heterocycles. The van der Waals surface area contributed by atoms with Crippen LogP contribution in [0.5, 0.6) is 5.75 Å². The molecule has 1 saturated carbocycles. The Labute approximate surface area is 246 Å². The van der Waals surface area contributed by atoms with Crippen LogP contribution in [0.25, 0.3) is 0 Å². The third-order valence-corrected chi connectivity index (χ3v) is 8.72. The van der Waals surface area contributed by atoms with Crippen molar-refractivity contribution in [2.24, 2.45) is 0 Å². The van der Waals surface area contributed by atoms with Gasteiger partial charge in [0, 0.05) is 18.3 Å². The SMILES string of the molecule is O=C(Nc1nnc(C2CCCC(c3nnc(NC(O)Cc4cccc(OC(F)(F)F)c4)s3)C2)s1)C(O)c1ccccc1. The summed E-state index contributed by atoms with van der Waals surface area (Å²) >= 11 is 2.60. The topological polar surface area (TPSA) is 142 Å². The number of aromatic nitrogens is 4. The number of hydrogen-bond acceptors (Lipinski definition) is 11. The summed E-state index contributed by atoms with van der Waals surface area (Å²) in [6.45, 7) is 0. The number of benzene rings is 2. The minimum absolute atomic E-state index is 0.0355. The number of hydrogen-bond donors (Lipinski definition) is 4. The van der Waals surface area contributed by atoms with Crippen LogP contribution in [0.3, 0.4) is 0 Å². The number of rotatable bonds is 10. The predicted octanol–water partition coefficient (Wildman–Crippen LogP) is 5.37. The molecule has 0 aliphatic heterocycles. The predicted molar refractivity (Wildman–Crippen MR) is 150 cm³/mol. The normalized spacial score (nSPS) is 18.7. The number of aliphatic hydroxyl groups excluding tert-OH is 2. The summed E-state index contributed by atoms with van der Waals surface area (Å²) in [5, 5.41) is 45.4. The van der Waals surface area contributed by atoms with Crippen LogP contribution in [0, 0.1) is 0 Å². The van der Waals surface area contributed by atoms with Crippen molar-refractivity contribution in [2.45, 2.75) is 62.6 Å². The van der Waals surface area contributed by atoms with Crippen LogP contribution in [0.4, 0.5) is 23.4 Å². The molecule has 0 bridgehead atoms. The van der Waals surface area contributed by atoms with Gasteiger partial charge in [-0.1, -0.05) is 71.6 Å². The van der Waals surface area contributed by atoms with Crippen molar-refractivity contribution in [3.8, 4) is 5.75 Å². The van der Waals surface area contributed by atoms with E-state index in [1.54, 1.807) is 36.4 Å². The standard InChI is InChI=1S/C27H27F3N6O4S2/c28-27(29,30)40-19-11-4-6-15(12-19)13-20(37)31-25-35-33-23(41-25)17-9-5-10-18(14-17)24-34-36-26(42-24)32-22(39)21(38)16-7-2-1-3-8-16/h1-4,6-8,11-12,17-18,20-21,37-38H,5,9-10,13-14H2,(H,31,35)(H,32,36,39). The fraction of sp³-hybridized carbons (Fsp3) is 0.370. The summed E-state index contributed by atoms with van der Waals surface area (Å²) < 4.78 is 41.4. The summed E-state index contributed by atoms with van der Waals surface area (Å²) in [6, 6.07) is 14.1. The molecule has 1 aliphatic carbocycles. The third-order valence-electron chi connectivity index (χ3n) is 6.70. The molecule has 5 rings (SSSR count). The Morgan fingerprint density at radius 2 is 1.62 bits per heavy atom. The summed E-state index contributed by atoms with van der Waals surface area (Å²) in [4.78, 5) is 12.5. The van der Waals surface area contributed by atoms with Crippen LogP contribution in [0.2, 0.25) is 0 Å². The lowest BCUT2D eigenvalue weighted by Gasteiger charge is -2.25. The fourth-order valence-electron chi connectivity index (χ4n) is 4.79. The van der Waals surface area contributed by atoms with Gasteiger partial charge in [0.2, 0.25) is 10.3 Å². The van der Waals surface area contributed by atoms with Crippen LogP contribution in [-0.2, 0) is 11.2 Å². The summed E-state index contributed by atoms with van der Waals surface area (Å²) in [5.41, 5.74) is 0.942.